The van der Waals surface area contributed by atoms with Gasteiger partial charge in [0.05, 0.1) is 13.2 Å². The Bertz CT molecular complexity index is 316. The Morgan fingerprint density at radius 1 is 1.00 bits per heavy atom. The van der Waals surface area contributed by atoms with Crippen molar-refractivity contribution in [3.05, 3.63) is 0 Å². The first-order valence-corrected chi connectivity index (χ1v) is 10.3. The first-order valence-electron chi connectivity index (χ1n) is 10.3. The van der Waals surface area contributed by atoms with E-state index < -0.39 is 0 Å². The van der Waals surface area contributed by atoms with Gasteiger partial charge < -0.3 is 9.47 Å². The van der Waals surface area contributed by atoms with E-state index >= 15 is 0 Å². The highest BCUT2D eigenvalue weighted by molar-refractivity contribution is 5.06. The van der Waals surface area contributed by atoms with Crippen LogP contribution in [0.15, 0.2) is 0 Å². The Kier molecular flexibility index (Phi) is 9.84. The molecule has 24 heavy (non-hydrogen) atoms. The van der Waals surface area contributed by atoms with Gasteiger partial charge in [0, 0.05) is 18.1 Å². The Morgan fingerprint density at radius 3 is 1.83 bits per heavy atom. The number of rotatable bonds is 10. The molecule has 0 aliphatic carbocycles. The number of nitrogens with zero attached hydrogens (tertiary/aromatic N) is 1. The number of piperidine rings is 1. The summed E-state index contributed by atoms with van der Waals surface area (Å²) in [5.74, 6) is 1.16. The van der Waals surface area contributed by atoms with E-state index in [1.807, 2.05) is 0 Å². The van der Waals surface area contributed by atoms with Crippen LogP contribution in [0, 0.1) is 11.8 Å². The maximum atomic E-state index is 5.78. The van der Waals surface area contributed by atoms with Gasteiger partial charge in [0.1, 0.15) is 0 Å². The number of hydrogen-bond acceptors (Lipinski definition) is 3. The molecule has 0 radical (unpaired) electrons. The van der Waals surface area contributed by atoms with Gasteiger partial charge in [-0.1, -0.05) is 47.5 Å². The molecule has 0 bridgehead atoms. The fraction of sp³-hybridized carbons (Fsp3) is 1.00. The zero-order valence-corrected chi connectivity index (χ0v) is 17.4. The van der Waals surface area contributed by atoms with Crippen LogP contribution in [0.5, 0.6) is 0 Å². The van der Waals surface area contributed by atoms with Gasteiger partial charge in [-0.05, 0) is 51.4 Å². The van der Waals surface area contributed by atoms with Crippen LogP contribution in [-0.2, 0) is 9.47 Å². The van der Waals surface area contributed by atoms with Crippen LogP contribution >= 0.6 is 0 Å². The second kappa shape index (κ2) is 10.8. The van der Waals surface area contributed by atoms with Crippen molar-refractivity contribution in [2.24, 2.45) is 11.8 Å². The van der Waals surface area contributed by atoms with Crippen LogP contribution in [0.1, 0.15) is 87.0 Å². The average Bonchev–Trinajstić information content (AvgIpc) is 2.46. The van der Waals surface area contributed by atoms with Gasteiger partial charge in [0.15, 0.2) is 6.29 Å². The Hall–Kier alpha value is -0.120. The van der Waals surface area contributed by atoms with Crippen LogP contribution < -0.4 is 0 Å². The molecule has 0 aromatic carbocycles. The predicted molar refractivity (Wildman–Crippen MR) is 103 cm³/mol. The van der Waals surface area contributed by atoms with Crippen molar-refractivity contribution in [1.29, 1.82) is 0 Å². The third-order valence-corrected chi connectivity index (χ3v) is 4.93. The lowest BCUT2D eigenvalue weighted by molar-refractivity contribution is -0.157. The lowest BCUT2D eigenvalue weighted by Gasteiger charge is -2.62. The van der Waals surface area contributed by atoms with Crippen molar-refractivity contribution in [3.63, 3.8) is 0 Å². The van der Waals surface area contributed by atoms with Crippen LogP contribution in [0.4, 0.5) is 0 Å². The van der Waals surface area contributed by atoms with Gasteiger partial charge in [0.25, 0.3) is 0 Å². The topological polar surface area (TPSA) is 21.7 Å². The van der Waals surface area contributed by atoms with E-state index in [0.29, 0.717) is 17.4 Å². The molecule has 2 heterocycles. The maximum absolute atomic E-state index is 5.78. The number of unbranched alkanes of at least 4 members (excludes halogenated alkanes) is 2. The Morgan fingerprint density at radius 2 is 1.58 bits per heavy atom. The second-order valence-electron chi connectivity index (χ2n) is 9.03. The third-order valence-electron chi connectivity index (χ3n) is 4.93. The summed E-state index contributed by atoms with van der Waals surface area (Å²) >= 11 is 0. The van der Waals surface area contributed by atoms with Crippen molar-refractivity contribution in [2.45, 2.75) is 105 Å². The van der Waals surface area contributed by atoms with E-state index in [9.17, 15) is 0 Å². The minimum absolute atomic E-state index is 0.0105. The van der Waals surface area contributed by atoms with Gasteiger partial charge in [-0.25, -0.2) is 0 Å². The number of fused-ring (bicyclic) bond motifs is 1. The smallest absolute Gasteiger partial charge is 0.157 e. The minimum atomic E-state index is 0.0105. The van der Waals surface area contributed by atoms with E-state index in [4.69, 9.17) is 9.47 Å². The molecule has 1 atom stereocenters. The monoisotopic (exact) mass is 341 g/mol. The quantitative estimate of drug-likeness (QED) is 0.388. The van der Waals surface area contributed by atoms with E-state index in [1.165, 1.54) is 38.6 Å². The van der Waals surface area contributed by atoms with Crippen molar-refractivity contribution in [3.8, 4) is 0 Å². The van der Waals surface area contributed by atoms with E-state index in [1.54, 1.807) is 0 Å². The summed E-state index contributed by atoms with van der Waals surface area (Å²) in [5.41, 5.74) is 0.572. The van der Waals surface area contributed by atoms with Gasteiger partial charge in [-0.15, -0.1) is 0 Å². The van der Waals surface area contributed by atoms with E-state index in [0.717, 1.165) is 25.7 Å². The molecule has 2 rings (SSSR count). The fourth-order valence-corrected chi connectivity index (χ4v) is 3.41. The average molecular weight is 342 g/mol. The molecular formula is C21H43NO2. The first kappa shape index (κ1) is 21.9. The Labute approximate surface area is 151 Å². The highest BCUT2D eigenvalue weighted by Gasteiger charge is 2.49. The summed E-state index contributed by atoms with van der Waals surface area (Å²) in [6.07, 6.45) is 7.67. The van der Waals surface area contributed by atoms with Gasteiger partial charge in [0.2, 0.25) is 0 Å². The summed E-state index contributed by atoms with van der Waals surface area (Å²) < 4.78 is 11.6. The van der Waals surface area contributed by atoms with E-state index in [2.05, 4.69) is 53.4 Å². The fourth-order valence-electron chi connectivity index (χ4n) is 3.41. The van der Waals surface area contributed by atoms with Gasteiger partial charge in [-0.2, -0.15) is 0 Å². The molecule has 2 aliphatic heterocycles. The molecule has 3 nitrogen and oxygen atoms in total. The summed E-state index contributed by atoms with van der Waals surface area (Å²) in [6, 6.07) is 0.991. The minimum Gasteiger partial charge on any atom is -0.352 e. The normalized spacial score (nSPS) is 22.0. The summed E-state index contributed by atoms with van der Waals surface area (Å²) in [6.45, 7) is 18.5. The van der Waals surface area contributed by atoms with Crippen LogP contribution in [-0.4, -0.2) is 42.5 Å². The third kappa shape index (κ3) is 7.84. The lowest BCUT2D eigenvalue weighted by Crippen LogP contribution is -2.69. The molecule has 0 N–H and O–H groups in total. The Balaban J connectivity index is 0.000000292. The highest BCUT2D eigenvalue weighted by atomic mass is 16.7. The molecule has 0 saturated carbocycles. The summed E-state index contributed by atoms with van der Waals surface area (Å²) in [5, 5.41) is 0. The molecule has 2 aliphatic rings. The molecule has 2 fully saturated rings. The van der Waals surface area contributed by atoms with Crippen LogP contribution in [0.3, 0.4) is 0 Å². The van der Waals surface area contributed by atoms with Crippen molar-refractivity contribution in [1.82, 2.24) is 4.90 Å². The number of ether oxygens (including phenoxy) is 2. The van der Waals surface area contributed by atoms with Crippen molar-refractivity contribution >= 4 is 0 Å². The zero-order valence-electron chi connectivity index (χ0n) is 17.4. The molecule has 0 spiro atoms. The predicted octanol–water partition coefficient (Wildman–Crippen LogP) is 5.48. The zero-order chi connectivity index (χ0) is 18.2. The largest absolute Gasteiger partial charge is 0.352 e. The second-order valence-corrected chi connectivity index (χ2v) is 9.03. The molecule has 0 aromatic rings. The van der Waals surface area contributed by atoms with Crippen molar-refractivity contribution in [2.75, 3.05) is 19.8 Å². The van der Waals surface area contributed by atoms with Gasteiger partial charge in [-0.3, -0.25) is 4.90 Å². The molecule has 144 valence electrons. The van der Waals surface area contributed by atoms with Crippen LogP contribution in [0.25, 0.3) is 0 Å². The molecule has 3 heteroatoms. The first-order chi connectivity index (χ1) is 11.3. The maximum Gasteiger partial charge on any atom is 0.157 e. The SMILES string of the molecule is CC1(C)CC2CCN21.CCCCCC(OCC(C)C)OCC(C)C. The summed E-state index contributed by atoms with van der Waals surface area (Å²) in [4.78, 5) is 2.59. The van der Waals surface area contributed by atoms with E-state index in [-0.39, 0.29) is 6.29 Å². The molecule has 0 aromatic heterocycles. The van der Waals surface area contributed by atoms with Gasteiger partial charge >= 0.3 is 0 Å². The van der Waals surface area contributed by atoms with Crippen LogP contribution in [0.2, 0.25) is 0 Å². The summed E-state index contributed by atoms with van der Waals surface area (Å²) in [7, 11) is 0. The molecule has 1 unspecified atom stereocenters. The molecule has 0 amide bonds. The number of hydrogen-bond donors (Lipinski definition) is 0. The molecule has 2 saturated heterocycles. The van der Waals surface area contributed by atoms with Crippen molar-refractivity contribution < 1.29 is 9.47 Å². The highest BCUT2D eigenvalue weighted by Crippen LogP contribution is 2.43. The molecular weight excluding hydrogens is 298 g/mol. The lowest BCUT2D eigenvalue weighted by atomic mass is 9.74. The standard InChI is InChI=1S/C14H30O2.C7H13N/c1-6-7-8-9-14(15-10-12(2)3)16-11-13(4)5;1-7(2)5-6-3-4-8(6)7/h12-14H,6-11H2,1-5H3;6H,3-5H2,1-2H3.